The first-order valence-electron chi connectivity index (χ1n) is 5.79. The minimum atomic E-state index is 0.256. The molecule has 2 unspecified atom stereocenters. The van der Waals surface area contributed by atoms with Crippen LogP contribution in [0.25, 0.3) is 0 Å². The number of hydrogen-bond acceptors (Lipinski definition) is 2. The zero-order chi connectivity index (χ0) is 11.1. The average molecular weight is 212 g/mol. The van der Waals surface area contributed by atoms with Crippen molar-refractivity contribution in [1.29, 1.82) is 0 Å². The highest BCUT2D eigenvalue weighted by Crippen LogP contribution is 2.42. The molecule has 0 aromatic carbocycles. The van der Waals surface area contributed by atoms with Crippen molar-refractivity contribution in [3.63, 3.8) is 0 Å². The molecule has 0 aliphatic heterocycles. The average Bonchev–Trinajstić information content (AvgIpc) is 2.36. The summed E-state index contributed by atoms with van der Waals surface area (Å²) in [6, 6.07) is 0. The molecule has 0 radical (unpaired) electrons. The molecule has 0 saturated heterocycles. The van der Waals surface area contributed by atoms with E-state index >= 15 is 0 Å². The van der Waals surface area contributed by atoms with Crippen LogP contribution in [-0.4, -0.2) is 0 Å². The van der Waals surface area contributed by atoms with E-state index in [0.717, 1.165) is 24.2 Å². The van der Waals surface area contributed by atoms with Gasteiger partial charge in [0.25, 0.3) is 0 Å². The summed E-state index contributed by atoms with van der Waals surface area (Å²) in [5, 5.41) is 0. The van der Waals surface area contributed by atoms with Crippen molar-refractivity contribution in [1.82, 2.24) is 0 Å². The number of nitrogens with two attached hydrogens (primary N) is 2. The van der Waals surface area contributed by atoms with Gasteiger partial charge in [0.05, 0.1) is 5.70 Å². The first kappa shape index (κ1) is 9.52. The van der Waals surface area contributed by atoms with Crippen molar-refractivity contribution in [2.45, 2.75) is 12.8 Å². The van der Waals surface area contributed by atoms with Crippen molar-refractivity contribution in [2.24, 2.45) is 23.3 Å². The fourth-order valence-electron chi connectivity index (χ4n) is 2.84. The van der Waals surface area contributed by atoms with E-state index in [-0.39, 0.29) is 5.92 Å². The third-order valence-corrected chi connectivity index (χ3v) is 3.70. The Morgan fingerprint density at radius 3 is 2.62 bits per heavy atom. The molecular weight excluding hydrogens is 196 g/mol. The van der Waals surface area contributed by atoms with Crippen LogP contribution in [0.2, 0.25) is 0 Å². The van der Waals surface area contributed by atoms with Gasteiger partial charge in [0, 0.05) is 17.5 Å². The van der Waals surface area contributed by atoms with Gasteiger partial charge in [0.15, 0.2) is 0 Å². The molecule has 0 spiro atoms. The minimum absolute atomic E-state index is 0.256. The molecule has 3 aliphatic carbocycles. The molecule has 0 aromatic heterocycles. The highest BCUT2D eigenvalue weighted by molar-refractivity contribution is 5.52. The highest BCUT2D eigenvalue weighted by atomic mass is 14.7. The normalized spacial score (nSPS) is 31.8. The van der Waals surface area contributed by atoms with Crippen LogP contribution >= 0.6 is 0 Å². The second-order valence-electron chi connectivity index (χ2n) is 4.57. The Kier molecular flexibility index (Phi) is 2.03. The van der Waals surface area contributed by atoms with Crippen LogP contribution in [0.4, 0.5) is 0 Å². The molecule has 16 heavy (non-hydrogen) atoms. The molecule has 3 aliphatic rings. The minimum Gasteiger partial charge on any atom is -0.400 e. The molecule has 0 bridgehead atoms. The molecule has 0 aromatic rings. The Balaban J connectivity index is 2.16. The van der Waals surface area contributed by atoms with Crippen LogP contribution in [0.1, 0.15) is 12.8 Å². The van der Waals surface area contributed by atoms with Gasteiger partial charge in [-0.1, -0.05) is 36.5 Å². The second kappa shape index (κ2) is 3.41. The molecular formula is C14H16N2. The summed E-state index contributed by atoms with van der Waals surface area (Å²) < 4.78 is 0. The molecule has 0 heterocycles. The molecule has 4 N–H and O–H groups in total. The largest absolute Gasteiger partial charge is 0.400 e. The Morgan fingerprint density at radius 1 is 1.06 bits per heavy atom. The summed E-state index contributed by atoms with van der Waals surface area (Å²) in [5.74, 6) is 0.648. The number of fused-ring (bicyclic) bond motifs is 2. The first-order chi connectivity index (χ1) is 7.79. The SMILES string of the molecule is NC1=C(N)C2C=CC=CC2C2=C1CCC=C2. The summed E-state index contributed by atoms with van der Waals surface area (Å²) in [6.45, 7) is 0. The molecule has 2 atom stereocenters. The fourth-order valence-corrected chi connectivity index (χ4v) is 2.84. The highest BCUT2D eigenvalue weighted by Gasteiger charge is 2.32. The lowest BCUT2D eigenvalue weighted by molar-refractivity contribution is 0.571. The van der Waals surface area contributed by atoms with Crippen molar-refractivity contribution in [3.8, 4) is 0 Å². The Hall–Kier alpha value is -1.70. The predicted molar refractivity (Wildman–Crippen MR) is 66.1 cm³/mol. The van der Waals surface area contributed by atoms with Crippen molar-refractivity contribution in [2.75, 3.05) is 0 Å². The molecule has 0 saturated carbocycles. The van der Waals surface area contributed by atoms with Gasteiger partial charge < -0.3 is 11.5 Å². The van der Waals surface area contributed by atoms with E-state index in [0.29, 0.717) is 5.92 Å². The van der Waals surface area contributed by atoms with Gasteiger partial charge in [-0.25, -0.2) is 0 Å². The maximum atomic E-state index is 6.15. The van der Waals surface area contributed by atoms with E-state index in [2.05, 4.69) is 36.5 Å². The maximum absolute atomic E-state index is 6.15. The van der Waals surface area contributed by atoms with Gasteiger partial charge in [0.2, 0.25) is 0 Å². The summed E-state index contributed by atoms with van der Waals surface area (Å²) in [7, 11) is 0. The van der Waals surface area contributed by atoms with Gasteiger partial charge >= 0.3 is 0 Å². The van der Waals surface area contributed by atoms with E-state index in [1.54, 1.807) is 0 Å². The lowest BCUT2D eigenvalue weighted by atomic mass is 9.72. The fraction of sp³-hybridized carbons (Fsp3) is 0.286. The Labute approximate surface area is 95.7 Å². The van der Waals surface area contributed by atoms with Crippen LogP contribution < -0.4 is 11.5 Å². The van der Waals surface area contributed by atoms with Gasteiger partial charge in [-0.3, -0.25) is 0 Å². The topological polar surface area (TPSA) is 52.0 Å². The zero-order valence-corrected chi connectivity index (χ0v) is 9.19. The lowest BCUT2D eigenvalue weighted by Gasteiger charge is -2.35. The molecule has 3 rings (SSSR count). The van der Waals surface area contributed by atoms with Gasteiger partial charge in [0.1, 0.15) is 0 Å². The van der Waals surface area contributed by atoms with Gasteiger partial charge in [-0.2, -0.15) is 0 Å². The number of allylic oxidation sites excluding steroid dienone is 8. The summed E-state index contributed by atoms with van der Waals surface area (Å²) in [5.41, 5.74) is 16.6. The molecule has 2 heteroatoms. The van der Waals surface area contributed by atoms with Crippen LogP contribution in [0.5, 0.6) is 0 Å². The Bertz CT molecular complexity index is 475. The van der Waals surface area contributed by atoms with E-state index in [4.69, 9.17) is 11.5 Å². The summed E-state index contributed by atoms with van der Waals surface area (Å²) in [6.07, 6.45) is 15.1. The van der Waals surface area contributed by atoms with Crippen LogP contribution in [-0.2, 0) is 0 Å². The molecule has 0 fully saturated rings. The summed E-state index contributed by atoms with van der Waals surface area (Å²) in [4.78, 5) is 0. The quantitative estimate of drug-likeness (QED) is 0.646. The standard InChI is InChI=1S/C14H16N2/c15-13-11-7-3-1-5-9(11)10-6-2-4-8-12(10)14(13)16/h1-3,5-7,9,11H,4,8,15-16H2. The van der Waals surface area contributed by atoms with Crippen molar-refractivity contribution >= 4 is 0 Å². The number of rotatable bonds is 0. The van der Waals surface area contributed by atoms with Crippen molar-refractivity contribution < 1.29 is 0 Å². The molecule has 82 valence electrons. The second-order valence-corrected chi connectivity index (χ2v) is 4.57. The first-order valence-corrected chi connectivity index (χ1v) is 5.79. The maximum Gasteiger partial charge on any atom is 0.0547 e. The summed E-state index contributed by atoms with van der Waals surface area (Å²) >= 11 is 0. The van der Waals surface area contributed by atoms with Crippen molar-refractivity contribution in [3.05, 3.63) is 59.0 Å². The monoisotopic (exact) mass is 212 g/mol. The number of hydrogen-bond donors (Lipinski definition) is 2. The Morgan fingerprint density at radius 2 is 1.81 bits per heavy atom. The van der Waals surface area contributed by atoms with E-state index in [1.165, 1.54) is 11.1 Å². The molecule has 2 nitrogen and oxygen atoms in total. The lowest BCUT2D eigenvalue weighted by Crippen LogP contribution is -2.31. The third-order valence-electron chi connectivity index (χ3n) is 3.70. The van der Waals surface area contributed by atoms with E-state index in [1.807, 2.05) is 0 Å². The van der Waals surface area contributed by atoms with E-state index in [9.17, 15) is 0 Å². The third kappa shape index (κ3) is 1.19. The zero-order valence-electron chi connectivity index (χ0n) is 9.19. The van der Waals surface area contributed by atoms with E-state index < -0.39 is 0 Å². The van der Waals surface area contributed by atoms with Gasteiger partial charge in [-0.05, 0) is 24.0 Å². The predicted octanol–water partition coefficient (Wildman–Crippen LogP) is 2.13. The smallest absolute Gasteiger partial charge is 0.0547 e. The van der Waals surface area contributed by atoms with Crippen LogP contribution in [0.3, 0.4) is 0 Å². The van der Waals surface area contributed by atoms with Gasteiger partial charge in [-0.15, -0.1) is 0 Å². The van der Waals surface area contributed by atoms with Crippen LogP contribution in [0, 0.1) is 11.8 Å². The van der Waals surface area contributed by atoms with Crippen LogP contribution in [0.15, 0.2) is 59.0 Å². The molecule has 0 amide bonds.